The van der Waals surface area contributed by atoms with Gasteiger partial charge in [-0.1, -0.05) is 0 Å². The molecule has 1 aromatic carbocycles. The molecule has 1 saturated heterocycles. The monoisotopic (exact) mass is 355 g/mol. The molecular formula is C18H17N3O5. The molecule has 134 valence electrons. The number of nitrogens with zero attached hydrogens (tertiary/aromatic N) is 2. The highest BCUT2D eigenvalue weighted by atomic mass is 16.4. The zero-order valence-corrected chi connectivity index (χ0v) is 14.2. The number of carbonyl (C=O) groups is 3. The number of aromatic hydroxyl groups is 1. The van der Waals surface area contributed by atoms with Crippen LogP contribution < -0.4 is 5.32 Å². The minimum atomic E-state index is -1.26. The lowest BCUT2D eigenvalue weighted by molar-refractivity contribution is -0.140. The van der Waals surface area contributed by atoms with Gasteiger partial charge in [-0.15, -0.1) is 0 Å². The first-order valence-corrected chi connectivity index (χ1v) is 7.82. The van der Waals surface area contributed by atoms with Crippen LogP contribution in [0, 0.1) is 13.8 Å². The van der Waals surface area contributed by atoms with Crippen LogP contribution in [0.2, 0.25) is 0 Å². The van der Waals surface area contributed by atoms with Gasteiger partial charge in [-0.05, 0) is 55.8 Å². The van der Waals surface area contributed by atoms with Gasteiger partial charge in [0, 0.05) is 17.1 Å². The lowest BCUT2D eigenvalue weighted by Gasteiger charge is -2.09. The van der Waals surface area contributed by atoms with Crippen molar-refractivity contribution < 1.29 is 24.6 Å². The van der Waals surface area contributed by atoms with E-state index in [9.17, 15) is 19.5 Å². The van der Waals surface area contributed by atoms with Gasteiger partial charge in [-0.2, -0.15) is 0 Å². The molecule has 26 heavy (non-hydrogen) atoms. The maximum atomic E-state index is 12.2. The third-order valence-corrected chi connectivity index (χ3v) is 4.13. The normalized spacial score (nSPS) is 15.6. The van der Waals surface area contributed by atoms with Crippen molar-refractivity contribution in [3.63, 3.8) is 0 Å². The number of carboxylic acids is 1. The average molecular weight is 355 g/mol. The predicted molar refractivity (Wildman–Crippen MR) is 92.8 cm³/mol. The summed E-state index contributed by atoms with van der Waals surface area (Å²) >= 11 is 0. The molecule has 2 heterocycles. The summed E-state index contributed by atoms with van der Waals surface area (Å²) in [5.74, 6) is -1.77. The van der Waals surface area contributed by atoms with E-state index in [2.05, 4.69) is 5.32 Å². The molecule has 0 spiro atoms. The Hall–Kier alpha value is -3.55. The molecule has 0 aliphatic carbocycles. The first-order chi connectivity index (χ1) is 12.3. The summed E-state index contributed by atoms with van der Waals surface area (Å²) in [6, 6.07) is 7.80. The standard InChI is InChI=1S/C18H17N3O5/c1-10-7-12(11(2)21(10)13-3-5-14(22)6-4-13)8-15-17(25)20(9-16(23)24)18(26)19-15/h3-8,22H,9H2,1-2H3,(H,19,26)(H,23,24)/b15-8+. The number of hydrogen-bond acceptors (Lipinski definition) is 4. The quantitative estimate of drug-likeness (QED) is 0.572. The van der Waals surface area contributed by atoms with Gasteiger partial charge in [0.15, 0.2) is 0 Å². The fourth-order valence-electron chi connectivity index (χ4n) is 2.94. The van der Waals surface area contributed by atoms with Crippen molar-refractivity contribution in [1.29, 1.82) is 0 Å². The zero-order chi connectivity index (χ0) is 19.0. The van der Waals surface area contributed by atoms with E-state index in [4.69, 9.17) is 5.11 Å². The third kappa shape index (κ3) is 3.04. The molecule has 1 aliphatic heterocycles. The van der Waals surface area contributed by atoms with Gasteiger partial charge in [-0.3, -0.25) is 9.59 Å². The van der Waals surface area contributed by atoms with E-state index in [1.807, 2.05) is 24.5 Å². The van der Waals surface area contributed by atoms with Crippen LogP contribution in [-0.2, 0) is 9.59 Å². The summed E-state index contributed by atoms with van der Waals surface area (Å²) in [6.07, 6.45) is 1.53. The van der Waals surface area contributed by atoms with E-state index in [0.29, 0.717) is 4.90 Å². The van der Waals surface area contributed by atoms with Crippen LogP contribution in [0.25, 0.3) is 11.8 Å². The number of aryl methyl sites for hydroxylation is 1. The SMILES string of the molecule is Cc1cc(/C=C2/NC(=O)N(CC(=O)O)C2=O)c(C)n1-c1ccc(O)cc1. The summed E-state index contributed by atoms with van der Waals surface area (Å²) in [6.45, 7) is 3.07. The van der Waals surface area contributed by atoms with E-state index in [1.54, 1.807) is 24.3 Å². The molecule has 0 bridgehead atoms. The summed E-state index contributed by atoms with van der Waals surface area (Å²) in [5, 5.41) is 20.6. The second kappa shape index (κ2) is 6.40. The number of phenols is 1. The van der Waals surface area contributed by atoms with Crippen LogP contribution in [-0.4, -0.2) is 44.1 Å². The maximum Gasteiger partial charge on any atom is 0.329 e. The molecule has 2 aromatic rings. The fourth-order valence-corrected chi connectivity index (χ4v) is 2.94. The van der Waals surface area contributed by atoms with Crippen molar-refractivity contribution in [2.45, 2.75) is 13.8 Å². The van der Waals surface area contributed by atoms with Crippen molar-refractivity contribution in [3.05, 3.63) is 53.0 Å². The molecule has 3 N–H and O–H groups in total. The topological polar surface area (TPSA) is 112 Å². The first-order valence-electron chi connectivity index (χ1n) is 7.82. The van der Waals surface area contributed by atoms with Gasteiger partial charge in [-0.25, -0.2) is 9.69 Å². The van der Waals surface area contributed by atoms with Crippen molar-refractivity contribution >= 4 is 24.0 Å². The van der Waals surface area contributed by atoms with E-state index < -0.39 is 24.5 Å². The Morgan fingerprint density at radius 1 is 1.19 bits per heavy atom. The minimum Gasteiger partial charge on any atom is -0.508 e. The van der Waals surface area contributed by atoms with E-state index in [-0.39, 0.29) is 11.4 Å². The van der Waals surface area contributed by atoms with Crippen molar-refractivity contribution in [2.24, 2.45) is 0 Å². The van der Waals surface area contributed by atoms with Gasteiger partial charge in [0.25, 0.3) is 5.91 Å². The van der Waals surface area contributed by atoms with Gasteiger partial charge >= 0.3 is 12.0 Å². The van der Waals surface area contributed by atoms with Crippen LogP contribution in [0.4, 0.5) is 4.79 Å². The smallest absolute Gasteiger partial charge is 0.329 e. The Morgan fingerprint density at radius 2 is 1.85 bits per heavy atom. The molecule has 1 fully saturated rings. The lowest BCUT2D eigenvalue weighted by atomic mass is 10.2. The van der Waals surface area contributed by atoms with Crippen LogP contribution >= 0.6 is 0 Å². The second-order valence-corrected chi connectivity index (χ2v) is 5.95. The number of nitrogens with one attached hydrogen (secondary N) is 1. The molecule has 3 rings (SSSR count). The zero-order valence-electron chi connectivity index (χ0n) is 14.2. The molecule has 3 amide bonds. The Balaban J connectivity index is 1.96. The van der Waals surface area contributed by atoms with Crippen molar-refractivity contribution in [1.82, 2.24) is 14.8 Å². The summed E-state index contributed by atoms with van der Waals surface area (Å²) in [4.78, 5) is 35.5. The number of aliphatic carboxylic acids is 1. The molecule has 8 nitrogen and oxygen atoms in total. The number of benzene rings is 1. The lowest BCUT2D eigenvalue weighted by Crippen LogP contribution is -2.35. The molecule has 0 unspecified atom stereocenters. The average Bonchev–Trinajstić information content (AvgIpc) is 2.99. The first kappa shape index (κ1) is 17.3. The largest absolute Gasteiger partial charge is 0.508 e. The second-order valence-electron chi connectivity index (χ2n) is 5.95. The number of phenolic OH excluding ortho intramolecular Hbond substituents is 1. The van der Waals surface area contributed by atoms with Crippen LogP contribution in [0.1, 0.15) is 17.0 Å². The number of aromatic nitrogens is 1. The molecule has 0 radical (unpaired) electrons. The fraction of sp³-hybridized carbons (Fsp3) is 0.167. The van der Waals surface area contributed by atoms with E-state index in [0.717, 1.165) is 22.6 Å². The maximum absolute atomic E-state index is 12.2. The number of carbonyl (C=O) groups excluding carboxylic acids is 2. The Bertz CT molecular complexity index is 940. The van der Waals surface area contributed by atoms with Crippen molar-refractivity contribution in [2.75, 3.05) is 6.54 Å². The van der Waals surface area contributed by atoms with Crippen LogP contribution in [0.3, 0.4) is 0 Å². The summed E-state index contributed by atoms with van der Waals surface area (Å²) in [7, 11) is 0. The van der Waals surface area contributed by atoms with Gasteiger partial charge in [0.05, 0.1) is 0 Å². The highest BCUT2D eigenvalue weighted by Crippen LogP contribution is 2.25. The van der Waals surface area contributed by atoms with Gasteiger partial charge in [0.1, 0.15) is 18.0 Å². The molecule has 8 heteroatoms. The highest BCUT2D eigenvalue weighted by molar-refractivity contribution is 6.15. The van der Waals surface area contributed by atoms with E-state index >= 15 is 0 Å². The van der Waals surface area contributed by atoms with Crippen LogP contribution in [0.5, 0.6) is 5.75 Å². The Labute approximate surface area is 149 Å². The third-order valence-electron chi connectivity index (χ3n) is 4.13. The number of amides is 3. The van der Waals surface area contributed by atoms with Crippen LogP contribution in [0.15, 0.2) is 36.0 Å². The molecule has 0 atom stereocenters. The molecular weight excluding hydrogens is 338 g/mol. The van der Waals surface area contributed by atoms with E-state index in [1.165, 1.54) is 6.08 Å². The molecule has 0 saturated carbocycles. The molecule has 1 aromatic heterocycles. The summed E-state index contributed by atoms with van der Waals surface area (Å²) < 4.78 is 1.95. The highest BCUT2D eigenvalue weighted by Gasteiger charge is 2.35. The summed E-state index contributed by atoms with van der Waals surface area (Å²) in [5.41, 5.74) is 3.33. The number of rotatable bonds is 4. The number of urea groups is 1. The van der Waals surface area contributed by atoms with Gasteiger partial charge < -0.3 is 20.1 Å². The Morgan fingerprint density at radius 3 is 2.46 bits per heavy atom. The Kier molecular flexibility index (Phi) is 4.25. The minimum absolute atomic E-state index is 0.0298. The molecule has 1 aliphatic rings. The number of imide groups is 1. The predicted octanol–water partition coefficient (Wildman–Crippen LogP) is 1.78. The van der Waals surface area contributed by atoms with Crippen molar-refractivity contribution in [3.8, 4) is 11.4 Å². The number of hydrogen-bond donors (Lipinski definition) is 3. The van der Waals surface area contributed by atoms with Gasteiger partial charge in [0.2, 0.25) is 0 Å². The number of carboxylic acid groups (broad SMARTS) is 1.